The maximum Gasteiger partial charge on any atom is 0.282 e. The molecule has 0 fully saturated rings. The number of thiazole rings is 1. The Hall–Kier alpha value is -3.59. The van der Waals surface area contributed by atoms with Gasteiger partial charge in [-0.1, -0.05) is 18.3 Å². The number of aromatic nitrogens is 2. The minimum Gasteiger partial charge on any atom is -0.494 e. The first kappa shape index (κ1) is 20.7. The number of carbonyl (C=O) groups excluding carboxylic acids is 1. The third-order valence-electron chi connectivity index (χ3n) is 4.67. The van der Waals surface area contributed by atoms with Gasteiger partial charge >= 0.3 is 0 Å². The number of ether oxygens (including phenoxy) is 3. The Bertz CT molecular complexity index is 1330. The lowest BCUT2D eigenvalue weighted by Gasteiger charge is -2.10. The SMILES string of the molecule is CCCOc1ccc2c(c1)sc1ncc(NC(=O)c3ccc(OC)c(OC)c3)c(=O)n12. The van der Waals surface area contributed by atoms with Crippen molar-refractivity contribution in [2.24, 2.45) is 0 Å². The van der Waals surface area contributed by atoms with Gasteiger partial charge in [0.1, 0.15) is 11.4 Å². The van der Waals surface area contributed by atoms with Crippen molar-refractivity contribution in [1.82, 2.24) is 9.38 Å². The van der Waals surface area contributed by atoms with Crippen molar-refractivity contribution in [1.29, 1.82) is 0 Å². The number of hydrogen-bond donors (Lipinski definition) is 1. The molecule has 0 aliphatic rings. The maximum absolute atomic E-state index is 13.1. The zero-order valence-corrected chi connectivity index (χ0v) is 18.1. The molecule has 1 amide bonds. The zero-order chi connectivity index (χ0) is 22.0. The van der Waals surface area contributed by atoms with Crippen molar-refractivity contribution >= 4 is 38.1 Å². The van der Waals surface area contributed by atoms with Crippen LogP contribution in [0.15, 0.2) is 47.4 Å². The van der Waals surface area contributed by atoms with Crippen molar-refractivity contribution < 1.29 is 19.0 Å². The van der Waals surface area contributed by atoms with E-state index in [-0.39, 0.29) is 11.2 Å². The molecule has 2 aromatic carbocycles. The Morgan fingerprint density at radius 1 is 1.13 bits per heavy atom. The van der Waals surface area contributed by atoms with Crippen molar-refractivity contribution in [3.8, 4) is 17.2 Å². The number of methoxy groups -OCH3 is 2. The quantitative estimate of drug-likeness (QED) is 0.469. The van der Waals surface area contributed by atoms with Crippen molar-refractivity contribution in [3.63, 3.8) is 0 Å². The average Bonchev–Trinajstić information content (AvgIpc) is 3.17. The first-order valence-electron chi connectivity index (χ1n) is 9.66. The summed E-state index contributed by atoms with van der Waals surface area (Å²) < 4.78 is 18.5. The van der Waals surface area contributed by atoms with Crippen LogP contribution in [0, 0.1) is 0 Å². The summed E-state index contributed by atoms with van der Waals surface area (Å²) in [5.41, 5.74) is 0.772. The average molecular weight is 439 g/mol. The van der Waals surface area contributed by atoms with E-state index in [1.54, 1.807) is 18.2 Å². The molecule has 8 nitrogen and oxygen atoms in total. The monoisotopic (exact) mass is 439 g/mol. The van der Waals surface area contributed by atoms with Gasteiger partial charge in [0, 0.05) is 5.56 Å². The number of nitrogens with zero attached hydrogens (tertiary/aromatic N) is 2. The number of carbonyl (C=O) groups is 1. The number of nitrogens with one attached hydrogen (secondary N) is 1. The van der Waals surface area contributed by atoms with Gasteiger partial charge < -0.3 is 19.5 Å². The van der Waals surface area contributed by atoms with Crippen LogP contribution in [-0.4, -0.2) is 36.1 Å². The summed E-state index contributed by atoms with van der Waals surface area (Å²) in [6.07, 6.45) is 2.29. The highest BCUT2D eigenvalue weighted by Gasteiger charge is 2.16. The van der Waals surface area contributed by atoms with Gasteiger partial charge in [0.05, 0.1) is 37.2 Å². The molecule has 160 valence electrons. The summed E-state index contributed by atoms with van der Waals surface area (Å²) in [6.45, 7) is 2.67. The van der Waals surface area contributed by atoms with Gasteiger partial charge in [0.2, 0.25) is 0 Å². The van der Waals surface area contributed by atoms with Crippen LogP contribution >= 0.6 is 11.3 Å². The number of hydrogen-bond acceptors (Lipinski definition) is 7. The van der Waals surface area contributed by atoms with Crippen LogP contribution in [0.25, 0.3) is 15.2 Å². The molecule has 0 bridgehead atoms. The Morgan fingerprint density at radius 3 is 2.68 bits per heavy atom. The second-order valence-corrected chi connectivity index (χ2v) is 7.71. The topological polar surface area (TPSA) is 91.2 Å². The molecule has 0 saturated carbocycles. The fourth-order valence-corrected chi connectivity index (χ4v) is 4.16. The van der Waals surface area contributed by atoms with Crippen molar-refractivity contribution in [2.45, 2.75) is 13.3 Å². The van der Waals surface area contributed by atoms with Gasteiger partial charge in [-0.3, -0.25) is 9.59 Å². The summed E-state index contributed by atoms with van der Waals surface area (Å²) in [6, 6.07) is 10.3. The van der Waals surface area contributed by atoms with Crippen LogP contribution in [0.5, 0.6) is 17.2 Å². The Morgan fingerprint density at radius 2 is 1.94 bits per heavy atom. The zero-order valence-electron chi connectivity index (χ0n) is 17.3. The molecule has 9 heteroatoms. The fourth-order valence-electron chi connectivity index (χ4n) is 3.15. The molecule has 1 N–H and O–H groups in total. The van der Waals surface area contributed by atoms with Gasteiger partial charge in [-0.15, -0.1) is 0 Å². The molecule has 0 aliphatic carbocycles. The second kappa shape index (κ2) is 8.65. The molecule has 0 unspecified atom stereocenters. The number of benzene rings is 2. The van der Waals surface area contributed by atoms with E-state index in [1.165, 1.54) is 36.2 Å². The minimum atomic E-state index is -0.449. The lowest BCUT2D eigenvalue weighted by molar-refractivity contribution is 0.102. The third kappa shape index (κ3) is 3.91. The number of rotatable bonds is 7. The van der Waals surface area contributed by atoms with Gasteiger partial charge in [-0.05, 0) is 42.8 Å². The minimum absolute atomic E-state index is 0.0864. The lowest BCUT2D eigenvalue weighted by Crippen LogP contribution is -2.22. The number of anilines is 1. The van der Waals surface area contributed by atoms with E-state index in [2.05, 4.69) is 10.3 Å². The standard InChI is InChI=1S/C22H21N3O5S/c1-4-9-30-14-6-7-16-19(11-14)31-22-23-12-15(21(27)25(16)22)24-20(26)13-5-8-17(28-2)18(10-13)29-3/h5-8,10-12H,4,9H2,1-3H3,(H,24,26). The molecule has 0 spiro atoms. The predicted molar refractivity (Wildman–Crippen MR) is 120 cm³/mol. The van der Waals surface area contributed by atoms with Crippen LogP contribution in [-0.2, 0) is 0 Å². The van der Waals surface area contributed by atoms with Crippen LogP contribution in [0.3, 0.4) is 0 Å². The molecule has 4 aromatic rings. The highest BCUT2D eigenvalue weighted by molar-refractivity contribution is 7.23. The molecule has 31 heavy (non-hydrogen) atoms. The van der Waals surface area contributed by atoms with E-state index in [0.717, 1.165) is 16.9 Å². The summed E-state index contributed by atoms with van der Waals surface area (Å²) in [7, 11) is 3.01. The molecule has 2 aromatic heterocycles. The van der Waals surface area contributed by atoms with Gasteiger partial charge in [0.25, 0.3) is 11.5 Å². The predicted octanol–water partition coefficient (Wildman–Crippen LogP) is 3.97. The fraction of sp³-hybridized carbons (Fsp3) is 0.227. The van der Waals surface area contributed by atoms with Gasteiger partial charge in [-0.25, -0.2) is 9.38 Å². The molecular weight excluding hydrogens is 418 g/mol. The molecule has 2 heterocycles. The van der Waals surface area contributed by atoms with Crippen molar-refractivity contribution in [3.05, 3.63) is 58.5 Å². The smallest absolute Gasteiger partial charge is 0.282 e. The highest BCUT2D eigenvalue weighted by atomic mass is 32.1. The maximum atomic E-state index is 13.1. The van der Waals surface area contributed by atoms with Crippen molar-refractivity contribution in [2.75, 3.05) is 26.1 Å². The van der Waals surface area contributed by atoms with E-state index >= 15 is 0 Å². The van der Waals surface area contributed by atoms with Crippen LogP contribution in [0.2, 0.25) is 0 Å². The summed E-state index contributed by atoms with van der Waals surface area (Å²) in [4.78, 5) is 30.7. The number of amides is 1. The van der Waals surface area contributed by atoms with E-state index in [4.69, 9.17) is 14.2 Å². The van der Waals surface area contributed by atoms with Gasteiger partial charge in [-0.2, -0.15) is 0 Å². The summed E-state index contributed by atoms with van der Waals surface area (Å²) in [5, 5.41) is 2.65. The van der Waals surface area contributed by atoms with E-state index in [0.29, 0.717) is 34.1 Å². The van der Waals surface area contributed by atoms with E-state index in [9.17, 15) is 9.59 Å². The van der Waals surface area contributed by atoms with E-state index in [1.807, 2.05) is 25.1 Å². The Balaban J connectivity index is 1.68. The summed E-state index contributed by atoms with van der Waals surface area (Å²) in [5.74, 6) is 1.23. The van der Waals surface area contributed by atoms with Gasteiger partial charge in [0.15, 0.2) is 16.5 Å². The molecule has 4 rings (SSSR count). The third-order valence-corrected chi connectivity index (χ3v) is 5.69. The number of fused-ring (bicyclic) bond motifs is 3. The van der Waals surface area contributed by atoms with E-state index < -0.39 is 5.91 Å². The molecule has 0 atom stereocenters. The summed E-state index contributed by atoms with van der Waals surface area (Å²) >= 11 is 1.39. The van der Waals surface area contributed by atoms with Crippen LogP contribution < -0.4 is 25.1 Å². The van der Waals surface area contributed by atoms with Crippen LogP contribution in [0.4, 0.5) is 5.69 Å². The second-order valence-electron chi connectivity index (χ2n) is 6.70. The Labute approximate surface area is 182 Å². The lowest BCUT2D eigenvalue weighted by atomic mass is 10.2. The first-order valence-corrected chi connectivity index (χ1v) is 10.5. The molecule has 0 radical (unpaired) electrons. The highest BCUT2D eigenvalue weighted by Crippen LogP contribution is 2.29. The Kier molecular flexibility index (Phi) is 5.77. The molecular formula is C22H21N3O5S. The largest absolute Gasteiger partial charge is 0.494 e. The van der Waals surface area contributed by atoms with Crippen LogP contribution in [0.1, 0.15) is 23.7 Å². The first-order chi connectivity index (χ1) is 15.0. The normalized spacial score (nSPS) is 10.9. The molecule has 0 saturated heterocycles. The molecule has 0 aliphatic heterocycles.